The van der Waals surface area contributed by atoms with Gasteiger partial charge in [0.05, 0.1) is 6.10 Å². The Morgan fingerprint density at radius 1 is 1.07 bits per heavy atom. The number of benzene rings is 1. The van der Waals surface area contributed by atoms with Crippen LogP contribution in [0.25, 0.3) is 0 Å². The summed E-state index contributed by atoms with van der Waals surface area (Å²) in [4.78, 5) is 33.6. The van der Waals surface area contributed by atoms with E-state index in [9.17, 15) is 9.59 Å². The fraction of sp³-hybridized carbons (Fsp3) is 0.381. The number of nitrogens with one attached hydrogen (secondary N) is 2. The van der Waals surface area contributed by atoms with Gasteiger partial charge in [-0.3, -0.25) is 9.78 Å². The van der Waals surface area contributed by atoms with Gasteiger partial charge in [-0.05, 0) is 43.3 Å². The quantitative estimate of drug-likeness (QED) is 0.734. The summed E-state index contributed by atoms with van der Waals surface area (Å²) in [6.07, 6.45) is 3.03. The highest BCUT2D eigenvalue weighted by Crippen LogP contribution is 2.16. The highest BCUT2D eigenvalue weighted by Gasteiger charge is 2.32. The molecule has 0 saturated carbocycles. The molecule has 2 aromatic rings. The zero-order valence-electron chi connectivity index (χ0n) is 17.0. The van der Waals surface area contributed by atoms with Gasteiger partial charge < -0.3 is 25.2 Å². The first-order chi connectivity index (χ1) is 14.5. The van der Waals surface area contributed by atoms with Crippen molar-refractivity contribution in [2.24, 2.45) is 0 Å². The van der Waals surface area contributed by atoms with Crippen LogP contribution in [-0.2, 0) is 9.53 Å². The average molecular weight is 432 g/mol. The molecular formula is C21H26ClN5O3. The van der Waals surface area contributed by atoms with Gasteiger partial charge in [-0.15, -0.1) is 0 Å². The Morgan fingerprint density at radius 3 is 2.30 bits per heavy atom. The molecule has 1 aliphatic heterocycles. The third-order valence-electron chi connectivity index (χ3n) is 5.12. The van der Waals surface area contributed by atoms with Gasteiger partial charge >= 0.3 is 6.03 Å². The fourth-order valence-electron chi connectivity index (χ4n) is 3.29. The molecule has 1 aromatic carbocycles. The monoisotopic (exact) mass is 431 g/mol. The zero-order valence-corrected chi connectivity index (χ0v) is 17.8. The number of anilines is 2. The molecule has 3 rings (SSSR count). The number of halogens is 1. The number of nitrogens with zero attached hydrogens (tertiary/aromatic N) is 3. The maximum Gasteiger partial charge on any atom is 0.319 e. The first kappa shape index (κ1) is 21.9. The molecule has 30 heavy (non-hydrogen) atoms. The molecule has 0 bridgehead atoms. The molecular weight excluding hydrogens is 406 g/mol. The molecule has 3 amide bonds. The minimum atomic E-state index is -0.797. The van der Waals surface area contributed by atoms with Crippen molar-refractivity contribution in [2.75, 3.05) is 43.5 Å². The smallest absolute Gasteiger partial charge is 0.319 e. The number of ether oxygens (including phenoxy) is 1. The van der Waals surface area contributed by atoms with E-state index in [1.807, 2.05) is 12.1 Å². The van der Waals surface area contributed by atoms with E-state index >= 15 is 0 Å². The largest absolute Gasteiger partial charge is 0.379 e. The number of urea groups is 1. The van der Waals surface area contributed by atoms with E-state index in [0.717, 1.165) is 5.69 Å². The van der Waals surface area contributed by atoms with Crippen LogP contribution in [0, 0.1) is 0 Å². The lowest BCUT2D eigenvalue weighted by molar-refractivity contribution is -0.136. The van der Waals surface area contributed by atoms with Gasteiger partial charge in [0.2, 0.25) is 5.91 Å². The summed E-state index contributed by atoms with van der Waals surface area (Å²) in [5, 5.41) is 6.04. The van der Waals surface area contributed by atoms with Crippen LogP contribution in [0.1, 0.15) is 6.92 Å². The van der Waals surface area contributed by atoms with Crippen molar-refractivity contribution in [2.45, 2.75) is 19.1 Å². The van der Waals surface area contributed by atoms with Crippen molar-refractivity contribution in [3.05, 3.63) is 53.8 Å². The number of hydrogen-bond donors (Lipinski definition) is 2. The molecule has 1 aliphatic rings. The van der Waals surface area contributed by atoms with Crippen LogP contribution < -0.4 is 15.5 Å². The van der Waals surface area contributed by atoms with Crippen LogP contribution in [0.2, 0.25) is 5.02 Å². The average Bonchev–Trinajstić information content (AvgIpc) is 2.79. The summed E-state index contributed by atoms with van der Waals surface area (Å²) in [5.74, 6) is -0.162. The van der Waals surface area contributed by atoms with Crippen molar-refractivity contribution in [1.29, 1.82) is 0 Å². The van der Waals surface area contributed by atoms with Crippen molar-refractivity contribution >= 4 is 34.9 Å². The summed E-state index contributed by atoms with van der Waals surface area (Å²) in [6.45, 7) is 4.31. The Morgan fingerprint density at radius 2 is 1.70 bits per heavy atom. The first-order valence-corrected chi connectivity index (χ1v) is 10.2. The topological polar surface area (TPSA) is 86.8 Å². The summed E-state index contributed by atoms with van der Waals surface area (Å²) in [7, 11) is 1.52. The number of amides is 3. The SMILES string of the molecule is CO[C@H](C)[C@H](NC(=O)Nc1ccc(Cl)cc1)C(=O)N1CCN(c2ccncc2)CC1. The maximum atomic E-state index is 13.1. The second-order valence-electron chi connectivity index (χ2n) is 7.04. The van der Waals surface area contributed by atoms with Gasteiger partial charge in [-0.1, -0.05) is 11.6 Å². The second kappa shape index (κ2) is 10.3. The van der Waals surface area contributed by atoms with Crippen LogP contribution >= 0.6 is 11.6 Å². The fourth-order valence-corrected chi connectivity index (χ4v) is 3.42. The molecule has 1 fully saturated rings. The predicted octanol–water partition coefficient (Wildman–Crippen LogP) is 2.61. The number of methoxy groups -OCH3 is 1. The second-order valence-corrected chi connectivity index (χ2v) is 7.48. The molecule has 8 nitrogen and oxygen atoms in total. The van der Waals surface area contributed by atoms with E-state index in [0.29, 0.717) is 36.9 Å². The van der Waals surface area contributed by atoms with Gasteiger partial charge in [0, 0.05) is 62.1 Å². The first-order valence-electron chi connectivity index (χ1n) is 9.77. The molecule has 0 spiro atoms. The van der Waals surface area contributed by atoms with Crippen LogP contribution in [0.5, 0.6) is 0 Å². The molecule has 1 aromatic heterocycles. The Balaban J connectivity index is 1.60. The van der Waals surface area contributed by atoms with E-state index in [-0.39, 0.29) is 5.91 Å². The van der Waals surface area contributed by atoms with Gasteiger partial charge in [-0.25, -0.2) is 4.79 Å². The summed E-state index contributed by atoms with van der Waals surface area (Å²) in [5.41, 5.74) is 1.67. The number of aromatic nitrogens is 1. The number of carbonyl (C=O) groups excluding carboxylic acids is 2. The summed E-state index contributed by atoms with van der Waals surface area (Å²) < 4.78 is 5.36. The van der Waals surface area contributed by atoms with Gasteiger partial charge in [-0.2, -0.15) is 0 Å². The molecule has 2 heterocycles. The van der Waals surface area contributed by atoms with E-state index < -0.39 is 18.2 Å². The molecule has 0 unspecified atom stereocenters. The van der Waals surface area contributed by atoms with Crippen molar-refractivity contribution < 1.29 is 14.3 Å². The van der Waals surface area contributed by atoms with Crippen molar-refractivity contribution in [3.63, 3.8) is 0 Å². The molecule has 160 valence electrons. The van der Waals surface area contributed by atoms with E-state index in [2.05, 4.69) is 20.5 Å². The highest BCUT2D eigenvalue weighted by molar-refractivity contribution is 6.30. The van der Waals surface area contributed by atoms with Crippen LogP contribution in [0.4, 0.5) is 16.2 Å². The minimum absolute atomic E-state index is 0.162. The number of hydrogen-bond acceptors (Lipinski definition) is 5. The number of carbonyl (C=O) groups is 2. The Labute approximate surface area is 181 Å². The van der Waals surface area contributed by atoms with E-state index in [4.69, 9.17) is 16.3 Å². The van der Waals surface area contributed by atoms with Crippen LogP contribution in [-0.4, -0.2) is 67.3 Å². The molecule has 2 atom stereocenters. The maximum absolute atomic E-state index is 13.1. The van der Waals surface area contributed by atoms with Crippen molar-refractivity contribution in [3.8, 4) is 0 Å². The molecule has 9 heteroatoms. The van der Waals surface area contributed by atoms with Crippen LogP contribution in [0.15, 0.2) is 48.8 Å². The van der Waals surface area contributed by atoms with Crippen molar-refractivity contribution in [1.82, 2.24) is 15.2 Å². The van der Waals surface area contributed by atoms with Gasteiger partial charge in [0.25, 0.3) is 0 Å². The lowest BCUT2D eigenvalue weighted by atomic mass is 10.1. The lowest BCUT2D eigenvalue weighted by Gasteiger charge is -2.38. The third-order valence-corrected chi connectivity index (χ3v) is 5.37. The number of rotatable bonds is 6. The predicted molar refractivity (Wildman–Crippen MR) is 117 cm³/mol. The van der Waals surface area contributed by atoms with Gasteiger partial charge in [0.15, 0.2) is 0 Å². The Kier molecular flexibility index (Phi) is 7.48. The normalized spacial score (nSPS) is 16.0. The third kappa shape index (κ3) is 5.61. The highest BCUT2D eigenvalue weighted by atomic mass is 35.5. The number of pyridine rings is 1. The summed E-state index contributed by atoms with van der Waals surface area (Å²) in [6, 6.07) is 9.38. The van der Waals surface area contributed by atoms with Crippen LogP contribution in [0.3, 0.4) is 0 Å². The zero-order chi connectivity index (χ0) is 21.5. The number of piperazine rings is 1. The molecule has 2 N–H and O–H groups in total. The summed E-state index contributed by atoms with van der Waals surface area (Å²) >= 11 is 5.87. The van der Waals surface area contributed by atoms with E-state index in [1.165, 1.54) is 7.11 Å². The molecule has 0 radical (unpaired) electrons. The Bertz CT molecular complexity index is 841. The molecule has 1 saturated heterocycles. The molecule has 0 aliphatic carbocycles. The van der Waals surface area contributed by atoms with E-state index in [1.54, 1.807) is 48.5 Å². The standard InChI is InChI=1S/C21H26ClN5O3/c1-15(30-2)19(25-21(29)24-17-5-3-16(22)4-6-17)20(28)27-13-11-26(12-14-27)18-7-9-23-10-8-18/h3-10,15,19H,11-14H2,1-2H3,(H2,24,25,29)/t15-,19+/m1/s1. The Hall–Kier alpha value is -2.84. The minimum Gasteiger partial charge on any atom is -0.379 e. The van der Waals surface area contributed by atoms with Gasteiger partial charge in [0.1, 0.15) is 6.04 Å². The lowest BCUT2D eigenvalue weighted by Crippen LogP contribution is -2.58.